The van der Waals surface area contributed by atoms with Crippen molar-refractivity contribution < 1.29 is 27.8 Å². The van der Waals surface area contributed by atoms with Crippen LogP contribution in [0.2, 0.25) is 0 Å². The molecule has 0 spiro atoms. The van der Waals surface area contributed by atoms with Gasteiger partial charge in [0, 0.05) is 13.5 Å². The van der Waals surface area contributed by atoms with Crippen molar-refractivity contribution in [2.45, 2.75) is 25.1 Å². The van der Waals surface area contributed by atoms with Crippen LogP contribution in [0, 0.1) is 0 Å². The molecule has 0 saturated carbocycles. The minimum Gasteiger partial charge on any atom is -0.384 e. The second-order valence-corrected chi connectivity index (χ2v) is 2.57. The van der Waals surface area contributed by atoms with Gasteiger partial charge in [-0.1, -0.05) is 0 Å². The lowest BCUT2D eigenvalue weighted by atomic mass is 10.1. The van der Waals surface area contributed by atoms with Gasteiger partial charge in [-0.15, -0.1) is 0 Å². The van der Waals surface area contributed by atoms with E-state index in [1.165, 1.54) is 7.11 Å². The zero-order chi connectivity index (χ0) is 10.5. The van der Waals surface area contributed by atoms with Crippen molar-refractivity contribution in [1.82, 2.24) is 0 Å². The monoisotopic (exact) mass is 200 g/mol. The molecule has 1 unspecified atom stereocenters. The van der Waals surface area contributed by atoms with Crippen LogP contribution in [0.4, 0.5) is 13.2 Å². The van der Waals surface area contributed by atoms with Gasteiger partial charge in [-0.25, -0.2) is 0 Å². The van der Waals surface area contributed by atoms with Crippen molar-refractivity contribution in [3.63, 3.8) is 0 Å². The highest BCUT2D eigenvalue weighted by Gasteiger charge is 2.37. The third kappa shape index (κ3) is 5.59. The molecule has 0 aliphatic carbocycles. The number of alkyl halides is 3. The average molecular weight is 200 g/mol. The molecule has 0 fully saturated rings. The molecule has 1 atom stereocenters. The van der Waals surface area contributed by atoms with Gasteiger partial charge in [0.2, 0.25) is 0 Å². The normalized spacial score (nSPS) is 14.2. The highest BCUT2D eigenvalue weighted by atomic mass is 19.4. The van der Waals surface area contributed by atoms with E-state index in [4.69, 9.17) is 5.11 Å². The fourth-order valence-electron chi connectivity index (χ4n) is 0.695. The Balaban J connectivity index is 3.70. The summed E-state index contributed by atoms with van der Waals surface area (Å²) in [7, 11) is 1.28. The number of Topliss-reactive ketones (excluding diaryl/α,β-unsaturated/α-hetero) is 1. The van der Waals surface area contributed by atoms with Gasteiger partial charge < -0.3 is 9.84 Å². The fourth-order valence-corrected chi connectivity index (χ4v) is 0.695. The topological polar surface area (TPSA) is 46.5 Å². The predicted molar refractivity (Wildman–Crippen MR) is 38.2 cm³/mol. The van der Waals surface area contributed by atoms with Gasteiger partial charge in [0.15, 0.2) is 5.78 Å². The Morgan fingerprint density at radius 2 is 2.08 bits per heavy atom. The Morgan fingerprint density at radius 3 is 2.46 bits per heavy atom. The summed E-state index contributed by atoms with van der Waals surface area (Å²) in [5.74, 6) is -0.453. The second-order valence-electron chi connectivity index (χ2n) is 2.57. The van der Waals surface area contributed by atoms with Crippen molar-refractivity contribution in [3.8, 4) is 0 Å². The molecule has 0 rings (SSSR count). The number of ether oxygens (including phenoxy) is 1. The molecular weight excluding hydrogens is 189 g/mol. The predicted octanol–water partition coefficient (Wildman–Crippen LogP) is 0.905. The number of aliphatic hydroxyl groups is 1. The van der Waals surface area contributed by atoms with Crippen LogP contribution in [0.5, 0.6) is 0 Å². The number of hydrogen-bond acceptors (Lipinski definition) is 3. The van der Waals surface area contributed by atoms with E-state index in [1.54, 1.807) is 0 Å². The molecule has 0 radical (unpaired) electrons. The third-order valence-corrected chi connectivity index (χ3v) is 1.38. The van der Waals surface area contributed by atoms with Crippen LogP contribution in [-0.2, 0) is 9.53 Å². The van der Waals surface area contributed by atoms with Crippen LogP contribution >= 0.6 is 0 Å². The number of rotatable bonds is 5. The summed E-state index contributed by atoms with van der Waals surface area (Å²) in [6, 6.07) is 0. The number of carbonyl (C=O) groups excluding carboxylic acids is 1. The number of aliphatic hydroxyl groups excluding tert-OH is 1. The van der Waals surface area contributed by atoms with Gasteiger partial charge in [0.25, 0.3) is 0 Å². The lowest BCUT2D eigenvalue weighted by molar-refractivity contribution is -0.205. The fraction of sp³-hybridized carbons (Fsp3) is 0.857. The van der Waals surface area contributed by atoms with E-state index >= 15 is 0 Å². The number of methoxy groups -OCH3 is 1. The van der Waals surface area contributed by atoms with E-state index < -0.39 is 24.5 Å². The first-order chi connectivity index (χ1) is 5.88. The molecule has 0 aliphatic heterocycles. The van der Waals surface area contributed by atoms with Crippen LogP contribution < -0.4 is 0 Å². The summed E-state index contributed by atoms with van der Waals surface area (Å²) in [4.78, 5) is 10.7. The Labute approximate surface area is 73.5 Å². The highest BCUT2D eigenvalue weighted by Crippen LogP contribution is 2.23. The zero-order valence-electron chi connectivity index (χ0n) is 7.10. The van der Waals surface area contributed by atoms with Crippen molar-refractivity contribution in [1.29, 1.82) is 0 Å². The Kier molecular flexibility index (Phi) is 4.94. The zero-order valence-corrected chi connectivity index (χ0v) is 7.10. The molecule has 1 N–H and O–H groups in total. The Bertz CT molecular complexity index is 167. The van der Waals surface area contributed by atoms with E-state index in [-0.39, 0.29) is 13.0 Å². The maximum atomic E-state index is 11.7. The van der Waals surface area contributed by atoms with Crippen LogP contribution in [-0.4, -0.2) is 36.9 Å². The van der Waals surface area contributed by atoms with Crippen LogP contribution in [0.25, 0.3) is 0 Å². The molecule has 78 valence electrons. The summed E-state index contributed by atoms with van der Waals surface area (Å²) in [5, 5.41) is 8.48. The third-order valence-electron chi connectivity index (χ3n) is 1.38. The van der Waals surface area contributed by atoms with Crippen molar-refractivity contribution >= 4 is 5.78 Å². The molecule has 13 heavy (non-hydrogen) atoms. The summed E-state index contributed by atoms with van der Waals surface area (Å²) in [6.45, 7) is -0.218. The number of ketones is 1. The Morgan fingerprint density at radius 1 is 1.54 bits per heavy atom. The minimum absolute atomic E-state index is 0.218. The van der Waals surface area contributed by atoms with Crippen LogP contribution in [0.3, 0.4) is 0 Å². The van der Waals surface area contributed by atoms with Crippen molar-refractivity contribution in [2.24, 2.45) is 0 Å². The van der Waals surface area contributed by atoms with E-state index in [9.17, 15) is 18.0 Å². The number of carbonyl (C=O) groups is 1. The van der Waals surface area contributed by atoms with E-state index in [0.29, 0.717) is 0 Å². The summed E-state index contributed by atoms with van der Waals surface area (Å²) in [5.41, 5.74) is 0. The van der Waals surface area contributed by atoms with Crippen molar-refractivity contribution in [3.05, 3.63) is 0 Å². The lowest BCUT2D eigenvalue weighted by Crippen LogP contribution is -2.29. The molecule has 3 nitrogen and oxygen atoms in total. The van der Waals surface area contributed by atoms with E-state index in [0.717, 1.165) is 0 Å². The maximum absolute atomic E-state index is 11.7. The molecule has 0 bridgehead atoms. The summed E-state index contributed by atoms with van der Waals surface area (Å²) in [6.07, 6.45) is -8.00. The quantitative estimate of drug-likeness (QED) is 0.717. The number of hydrogen-bond donors (Lipinski definition) is 1. The first-order valence-electron chi connectivity index (χ1n) is 3.63. The second kappa shape index (κ2) is 5.18. The van der Waals surface area contributed by atoms with Gasteiger partial charge in [-0.3, -0.25) is 4.79 Å². The van der Waals surface area contributed by atoms with Gasteiger partial charge in [0.05, 0.1) is 0 Å². The first kappa shape index (κ1) is 12.4. The number of halogens is 3. The summed E-state index contributed by atoms with van der Waals surface area (Å²) < 4.78 is 39.5. The average Bonchev–Trinajstić information content (AvgIpc) is 1.99. The van der Waals surface area contributed by atoms with E-state index in [1.807, 2.05) is 0 Å². The highest BCUT2D eigenvalue weighted by molar-refractivity contribution is 5.79. The van der Waals surface area contributed by atoms with Gasteiger partial charge in [0.1, 0.15) is 12.7 Å². The van der Waals surface area contributed by atoms with Gasteiger partial charge in [-0.2, -0.15) is 13.2 Å². The van der Waals surface area contributed by atoms with Crippen molar-refractivity contribution in [2.75, 3.05) is 13.7 Å². The molecular formula is C7H11F3O3. The van der Waals surface area contributed by atoms with Gasteiger partial charge >= 0.3 is 6.18 Å². The molecule has 0 aromatic carbocycles. The molecule has 0 heterocycles. The lowest BCUT2D eigenvalue weighted by Gasteiger charge is -2.13. The standard InChI is InChI=1S/C7H11F3O3/c1-13-4-5(11)2-3-6(12)7(8,9)10/h6,12H,2-4H2,1H3. The molecule has 6 heteroatoms. The van der Waals surface area contributed by atoms with Crippen LogP contribution in [0.15, 0.2) is 0 Å². The smallest absolute Gasteiger partial charge is 0.384 e. The van der Waals surface area contributed by atoms with Crippen LogP contribution in [0.1, 0.15) is 12.8 Å². The Hall–Kier alpha value is -0.620. The molecule has 0 amide bonds. The molecule has 0 saturated heterocycles. The summed E-state index contributed by atoms with van der Waals surface area (Å²) >= 11 is 0. The minimum atomic E-state index is -4.65. The van der Waals surface area contributed by atoms with E-state index in [2.05, 4.69) is 4.74 Å². The molecule has 0 aliphatic rings. The molecule has 0 aromatic heterocycles. The maximum Gasteiger partial charge on any atom is 0.414 e. The first-order valence-corrected chi connectivity index (χ1v) is 3.63. The molecule has 0 aromatic rings. The van der Waals surface area contributed by atoms with Gasteiger partial charge in [-0.05, 0) is 6.42 Å². The SMILES string of the molecule is COCC(=O)CCC(O)C(F)(F)F. The largest absolute Gasteiger partial charge is 0.414 e.